The third-order valence-electron chi connectivity index (χ3n) is 3.69. The first-order chi connectivity index (χ1) is 8.54. The molecule has 2 unspecified atom stereocenters. The van der Waals surface area contributed by atoms with E-state index in [1.807, 2.05) is 25.1 Å². The standard InChI is InChI=1S/C16H23NO/c1-11-6-12(2)8-14(7-11)10-17-15-5-4-13(3)16(18)9-15/h4-6,9,11,14,17-18H,7-8,10H2,1-3H3. The van der Waals surface area contributed by atoms with E-state index in [0.717, 1.165) is 17.8 Å². The van der Waals surface area contributed by atoms with Crippen LogP contribution in [0.25, 0.3) is 0 Å². The molecule has 0 aromatic heterocycles. The van der Waals surface area contributed by atoms with Gasteiger partial charge in [-0.15, -0.1) is 0 Å². The van der Waals surface area contributed by atoms with Crippen molar-refractivity contribution in [2.75, 3.05) is 11.9 Å². The van der Waals surface area contributed by atoms with E-state index in [9.17, 15) is 5.11 Å². The molecule has 2 heteroatoms. The van der Waals surface area contributed by atoms with Crippen LogP contribution < -0.4 is 5.32 Å². The van der Waals surface area contributed by atoms with Crippen LogP contribution in [-0.2, 0) is 0 Å². The van der Waals surface area contributed by atoms with E-state index in [-0.39, 0.29) is 0 Å². The molecule has 1 aromatic carbocycles. The molecule has 2 nitrogen and oxygen atoms in total. The molecule has 18 heavy (non-hydrogen) atoms. The minimum Gasteiger partial charge on any atom is -0.508 e. The van der Waals surface area contributed by atoms with Crippen molar-refractivity contribution in [1.29, 1.82) is 0 Å². The lowest BCUT2D eigenvalue weighted by atomic mass is 9.84. The zero-order valence-corrected chi connectivity index (χ0v) is 11.5. The van der Waals surface area contributed by atoms with Crippen LogP contribution in [0.2, 0.25) is 0 Å². The number of nitrogens with one attached hydrogen (secondary N) is 1. The minimum absolute atomic E-state index is 0.369. The van der Waals surface area contributed by atoms with Crippen molar-refractivity contribution >= 4 is 5.69 Å². The first-order valence-electron chi connectivity index (χ1n) is 6.75. The summed E-state index contributed by atoms with van der Waals surface area (Å²) in [6.45, 7) is 7.40. The molecule has 0 radical (unpaired) electrons. The van der Waals surface area contributed by atoms with Crippen molar-refractivity contribution in [3.05, 3.63) is 35.4 Å². The van der Waals surface area contributed by atoms with Crippen LogP contribution in [0.1, 0.15) is 32.3 Å². The summed E-state index contributed by atoms with van der Waals surface area (Å²) in [4.78, 5) is 0. The first kappa shape index (κ1) is 13.0. The topological polar surface area (TPSA) is 32.3 Å². The number of hydrogen-bond acceptors (Lipinski definition) is 2. The highest BCUT2D eigenvalue weighted by atomic mass is 16.3. The van der Waals surface area contributed by atoms with Gasteiger partial charge in [-0.1, -0.05) is 24.6 Å². The summed E-state index contributed by atoms with van der Waals surface area (Å²) in [5.41, 5.74) is 3.44. The summed E-state index contributed by atoms with van der Waals surface area (Å²) >= 11 is 0. The quantitative estimate of drug-likeness (QED) is 0.786. The Morgan fingerprint density at radius 3 is 2.78 bits per heavy atom. The van der Waals surface area contributed by atoms with Gasteiger partial charge in [0.15, 0.2) is 0 Å². The number of aromatic hydroxyl groups is 1. The highest BCUT2D eigenvalue weighted by Gasteiger charge is 2.17. The summed E-state index contributed by atoms with van der Waals surface area (Å²) in [5, 5.41) is 13.1. The maximum absolute atomic E-state index is 9.67. The molecule has 0 amide bonds. The highest BCUT2D eigenvalue weighted by Crippen LogP contribution is 2.28. The number of benzene rings is 1. The third-order valence-corrected chi connectivity index (χ3v) is 3.69. The van der Waals surface area contributed by atoms with Crippen LogP contribution in [0, 0.1) is 18.8 Å². The number of hydrogen-bond donors (Lipinski definition) is 2. The van der Waals surface area contributed by atoms with Crippen molar-refractivity contribution in [3.8, 4) is 5.75 Å². The van der Waals surface area contributed by atoms with E-state index in [4.69, 9.17) is 0 Å². The maximum atomic E-state index is 9.67. The summed E-state index contributed by atoms with van der Waals surface area (Å²) in [7, 11) is 0. The average molecular weight is 245 g/mol. The highest BCUT2D eigenvalue weighted by molar-refractivity contribution is 5.50. The first-order valence-corrected chi connectivity index (χ1v) is 6.75. The van der Waals surface area contributed by atoms with Crippen molar-refractivity contribution in [3.63, 3.8) is 0 Å². The van der Waals surface area contributed by atoms with Gasteiger partial charge >= 0.3 is 0 Å². The van der Waals surface area contributed by atoms with Gasteiger partial charge in [-0.25, -0.2) is 0 Å². The van der Waals surface area contributed by atoms with E-state index >= 15 is 0 Å². The van der Waals surface area contributed by atoms with Gasteiger partial charge in [0.2, 0.25) is 0 Å². The van der Waals surface area contributed by atoms with Crippen LogP contribution >= 0.6 is 0 Å². The minimum atomic E-state index is 0.369. The molecule has 1 aliphatic rings. The smallest absolute Gasteiger partial charge is 0.120 e. The fourth-order valence-corrected chi connectivity index (χ4v) is 2.82. The molecule has 0 spiro atoms. The summed E-state index contributed by atoms with van der Waals surface area (Å²) < 4.78 is 0. The molecule has 98 valence electrons. The molecule has 2 rings (SSSR count). The van der Waals surface area contributed by atoms with Crippen molar-refractivity contribution in [2.24, 2.45) is 11.8 Å². The molecule has 0 fully saturated rings. The monoisotopic (exact) mass is 245 g/mol. The lowest BCUT2D eigenvalue weighted by molar-refractivity contribution is 0.421. The van der Waals surface area contributed by atoms with E-state index < -0.39 is 0 Å². The lowest BCUT2D eigenvalue weighted by Gasteiger charge is -2.26. The van der Waals surface area contributed by atoms with Gasteiger partial charge in [-0.2, -0.15) is 0 Å². The lowest BCUT2D eigenvalue weighted by Crippen LogP contribution is -2.20. The van der Waals surface area contributed by atoms with Gasteiger partial charge in [-0.05, 0) is 50.2 Å². The molecule has 0 aliphatic heterocycles. The molecular weight excluding hydrogens is 222 g/mol. The molecule has 0 bridgehead atoms. The van der Waals surface area contributed by atoms with Gasteiger partial charge in [-0.3, -0.25) is 0 Å². The Labute approximate surface area is 110 Å². The van der Waals surface area contributed by atoms with Gasteiger partial charge in [0, 0.05) is 18.3 Å². The predicted molar refractivity (Wildman–Crippen MR) is 77.0 cm³/mol. The van der Waals surface area contributed by atoms with Crippen LogP contribution in [-0.4, -0.2) is 11.7 Å². The Morgan fingerprint density at radius 1 is 1.33 bits per heavy atom. The van der Waals surface area contributed by atoms with Crippen molar-refractivity contribution < 1.29 is 5.11 Å². The zero-order chi connectivity index (χ0) is 13.1. The Hall–Kier alpha value is -1.44. The third kappa shape index (κ3) is 3.28. The number of phenols is 1. The van der Waals surface area contributed by atoms with Gasteiger partial charge in [0.05, 0.1) is 0 Å². The summed E-state index contributed by atoms with van der Waals surface area (Å²) in [6, 6.07) is 5.79. The van der Waals surface area contributed by atoms with Gasteiger partial charge < -0.3 is 10.4 Å². The molecule has 0 saturated heterocycles. The average Bonchev–Trinajstić information content (AvgIpc) is 2.29. The van der Waals surface area contributed by atoms with E-state index in [1.165, 1.54) is 18.4 Å². The second-order valence-corrected chi connectivity index (χ2v) is 5.68. The van der Waals surface area contributed by atoms with E-state index in [0.29, 0.717) is 17.6 Å². The second-order valence-electron chi connectivity index (χ2n) is 5.68. The maximum Gasteiger partial charge on any atom is 0.120 e. The van der Waals surface area contributed by atoms with Gasteiger partial charge in [0.25, 0.3) is 0 Å². The number of allylic oxidation sites excluding steroid dienone is 2. The molecule has 2 atom stereocenters. The number of anilines is 1. The molecule has 0 saturated carbocycles. The molecule has 0 heterocycles. The summed E-state index contributed by atoms with van der Waals surface area (Å²) in [6.07, 6.45) is 4.82. The molecule has 1 aromatic rings. The summed E-state index contributed by atoms with van der Waals surface area (Å²) in [5.74, 6) is 1.76. The van der Waals surface area contributed by atoms with Crippen LogP contribution in [0.5, 0.6) is 5.75 Å². The van der Waals surface area contributed by atoms with Crippen LogP contribution in [0.3, 0.4) is 0 Å². The SMILES string of the molecule is CC1=CC(C)CC(CNc2ccc(C)c(O)c2)C1. The van der Waals surface area contributed by atoms with E-state index in [1.54, 1.807) is 0 Å². The molecule has 1 aliphatic carbocycles. The Morgan fingerprint density at radius 2 is 2.11 bits per heavy atom. The number of rotatable bonds is 3. The van der Waals surface area contributed by atoms with Crippen molar-refractivity contribution in [2.45, 2.75) is 33.6 Å². The Bertz CT molecular complexity index is 450. The van der Waals surface area contributed by atoms with Crippen LogP contribution in [0.4, 0.5) is 5.69 Å². The predicted octanol–water partition coefficient (Wildman–Crippen LogP) is 4.10. The number of phenolic OH excluding ortho intramolecular Hbond substituents is 1. The molecular formula is C16H23NO. The Balaban J connectivity index is 1.92. The Kier molecular flexibility index (Phi) is 3.95. The van der Waals surface area contributed by atoms with Gasteiger partial charge in [0.1, 0.15) is 5.75 Å². The van der Waals surface area contributed by atoms with Crippen LogP contribution in [0.15, 0.2) is 29.8 Å². The van der Waals surface area contributed by atoms with E-state index in [2.05, 4.69) is 25.2 Å². The molecule has 2 N–H and O–H groups in total. The number of aryl methyl sites for hydroxylation is 1. The van der Waals surface area contributed by atoms with Crippen molar-refractivity contribution in [1.82, 2.24) is 0 Å². The largest absolute Gasteiger partial charge is 0.508 e. The normalized spacial score (nSPS) is 23.6. The zero-order valence-electron chi connectivity index (χ0n) is 11.5. The fourth-order valence-electron chi connectivity index (χ4n) is 2.82. The fraction of sp³-hybridized carbons (Fsp3) is 0.500. The second kappa shape index (κ2) is 5.47.